The Kier molecular flexibility index (Phi) is 13.9. The van der Waals surface area contributed by atoms with Gasteiger partial charge in [-0.2, -0.15) is 0 Å². The Morgan fingerprint density at radius 3 is 2.00 bits per heavy atom. The van der Waals surface area contributed by atoms with Crippen molar-refractivity contribution in [2.75, 3.05) is 18.4 Å². The highest BCUT2D eigenvalue weighted by Gasteiger charge is 2.28. The molecule has 4 rings (SSSR count). The fourth-order valence-electron chi connectivity index (χ4n) is 5.87. The van der Waals surface area contributed by atoms with Gasteiger partial charge in [0, 0.05) is 47.9 Å². The molecule has 0 spiro atoms. The van der Waals surface area contributed by atoms with Gasteiger partial charge in [0.25, 0.3) is 11.8 Å². The average molecular weight is 651 g/mol. The number of anilines is 1. The second kappa shape index (κ2) is 18.5. The first kappa shape index (κ1) is 36.0. The van der Waals surface area contributed by atoms with E-state index in [0.717, 1.165) is 24.0 Å². The van der Waals surface area contributed by atoms with Crippen molar-refractivity contribution in [1.82, 2.24) is 10.2 Å². The highest BCUT2D eigenvalue weighted by molar-refractivity contribution is 6.00. The summed E-state index contributed by atoms with van der Waals surface area (Å²) in [5.41, 5.74) is 10.3. The topological polar surface area (TPSA) is 105 Å². The van der Waals surface area contributed by atoms with Gasteiger partial charge in [-0.1, -0.05) is 80.6 Å². The lowest BCUT2D eigenvalue weighted by molar-refractivity contribution is -0.120. The van der Waals surface area contributed by atoms with Gasteiger partial charge in [0.1, 0.15) is 5.82 Å². The Balaban J connectivity index is 1.55. The first-order valence-electron chi connectivity index (χ1n) is 16.9. The molecule has 48 heavy (non-hydrogen) atoms. The highest BCUT2D eigenvalue weighted by Crippen LogP contribution is 2.21. The predicted octanol–water partition coefficient (Wildman–Crippen LogP) is 7.03. The molecule has 0 aliphatic rings. The molecular weight excluding hydrogens is 603 g/mol. The standard InChI is InChI=1S/C40H47FN4O3/c1-3-24-45(25-4-2)40(48)33-17-11-16-31(27-33)39(47)44-37(26-30-14-9-6-10-15-30)36(42)28-32(19-18-29-12-7-5-8-13-29)38(46)43-35-22-20-34(41)21-23-35/h5-17,20-23,27,32,36-37H,3-4,18-19,24-26,28,42H2,1-2H3,(H,43,46)(H,44,47)/t32-,36+,37+/m1/s1. The van der Waals surface area contributed by atoms with Gasteiger partial charge in [-0.15, -0.1) is 0 Å². The van der Waals surface area contributed by atoms with Crippen molar-refractivity contribution in [1.29, 1.82) is 0 Å². The Hall–Kier alpha value is -4.82. The van der Waals surface area contributed by atoms with Gasteiger partial charge in [0.15, 0.2) is 0 Å². The smallest absolute Gasteiger partial charge is 0.253 e. The maximum absolute atomic E-state index is 13.7. The lowest BCUT2D eigenvalue weighted by Gasteiger charge is -2.29. The Morgan fingerprint density at radius 2 is 1.38 bits per heavy atom. The molecule has 0 aliphatic carbocycles. The summed E-state index contributed by atoms with van der Waals surface area (Å²) >= 11 is 0. The fraction of sp³-hybridized carbons (Fsp3) is 0.325. The average Bonchev–Trinajstić information content (AvgIpc) is 3.11. The molecule has 3 amide bonds. The van der Waals surface area contributed by atoms with E-state index in [1.165, 1.54) is 24.3 Å². The number of benzene rings is 4. The number of nitrogens with zero attached hydrogens (tertiary/aromatic N) is 1. The summed E-state index contributed by atoms with van der Waals surface area (Å²) in [6, 6.07) is 31.1. The van der Waals surface area contributed by atoms with Crippen molar-refractivity contribution >= 4 is 23.4 Å². The SMILES string of the molecule is CCCN(CCC)C(=O)c1cccc(C(=O)N[C@@H](Cc2ccccc2)[C@@H](N)C[C@@H](CCc2ccccc2)C(=O)Nc2ccc(F)cc2)c1. The lowest BCUT2D eigenvalue weighted by Crippen LogP contribution is -2.50. The molecule has 3 atom stereocenters. The van der Waals surface area contributed by atoms with Crippen LogP contribution in [0.4, 0.5) is 10.1 Å². The summed E-state index contributed by atoms with van der Waals surface area (Å²) < 4.78 is 13.5. The molecule has 0 saturated carbocycles. The quantitative estimate of drug-likeness (QED) is 0.114. The molecule has 0 unspecified atom stereocenters. The molecule has 0 bridgehead atoms. The van der Waals surface area contributed by atoms with E-state index in [1.807, 2.05) is 79.4 Å². The Morgan fingerprint density at radius 1 is 0.771 bits per heavy atom. The van der Waals surface area contributed by atoms with Crippen LogP contribution in [0.2, 0.25) is 0 Å². The summed E-state index contributed by atoms with van der Waals surface area (Å²) in [6.45, 7) is 5.37. The number of aryl methyl sites for hydroxylation is 1. The predicted molar refractivity (Wildman–Crippen MR) is 190 cm³/mol. The van der Waals surface area contributed by atoms with Gasteiger partial charge in [-0.25, -0.2) is 4.39 Å². The largest absolute Gasteiger partial charge is 0.347 e. The third-order valence-corrected chi connectivity index (χ3v) is 8.44. The molecule has 4 aromatic rings. The molecule has 8 heteroatoms. The van der Waals surface area contributed by atoms with Gasteiger partial charge in [-0.05, 0) is 92.1 Å². The van der Waals surface area contributed by atoms with Crippen LogP contribution in [-0.2, 0) is 17.6 Å². The summed E-state index contributed by atoms with van der Waals surface area (Å²) in [6.07, 6.45) is 3.65. The molecule has 0 fully saturated rings. The van der Waals surface area contributed by atoms with Gasteiger partial charge < -0.3 is 21.3 Å². The molecule has 4 aromatic carbocycles. The maximum Gasteiger partial charge on any atom is 0.253 e. The van der Waals surface area contributed by atoms with Crippen molar-refractivity contribution in [3.8, 4) is 0 Å². The van der Waals surface area contributed by atoms with E-state index in [0.29, 0.717) is 55.6 Å². The molecule has 0 saturated heterocycles. The normalized spacial score (nSPS) is 12.8. The number of carbonyl (C=O) groups excluding carboxylic acids is 3. The molecule has 0 aromatic heterocycles. The first-order valence-corrected chi connectivity index (χ1v) is 16.9. The van der Waals surface area contributed by atoms with Gasteiger partial charge in [-0.3, -0.25) is 14.4 Å². The third-order valence-electron chi connectivity index (χ3n) is 8.44. The summed E-state index contributed by atoms with van der Waals surface area (Å²) in [4.78, 5) is 42.5. The Labute approximate surface area is 283 Å². The first-order chi connectivity index (χ1) is 23.3. The summed E-state index contributed by atoms with van der Waals surface area (Å²) in [5.74, 6) is -1.52. The van der Waals surface area contributed by atoms with Crippen LogP contribution in [0.25, 0.3) is 0 Å². The lowest BCUT2D eigenvalue weighted by atomic mass is 9.87. The van der Waals surface area contributed by atoms with E-state index in [4.69, 9.17) is 5.73 Å². The Bertz CT molecular complexity index is 1590. The van der Waals surface area contributed by atoms with Gasteiger partial charge >= 0.3 is 0 Å². The number of nitrogens with two attached hydrogens (primary N) is 1. The van der Waals surface area contributed by atoms with Crippen LogP contribution in [0.5, 0.6) is 0 Å². The van der Waals surface area contributed by atoms with E-state index < -0.39 is 18.0 Å². The number of carbonyl (C=O) groups is 3. The number of nitrogens with one attached hydrogen (secondary N) is 2. The van der Waals surface area contributed by atoms with Crippen LogP contribution in [0.15, 0.2) is 109 Å². The molecule has 0 heterocycles. The number of hydrogen-bond acceptors (Lipinski definition) is 4. The molecule has 0 radical (unpaired) electrons. The van der Waals surface area contributed by atoms with Crippen molar-refractivity contribution in [2.24, 2.45) is 11.7 Å². The van der Waals surface area contributed by atoms with Crippen LogP contribution in [-0.4, -0.2) is 47.8 Å². The zero-order valence-corrected chi connectivity index (χ0v) is 27.9. The molecule has 4 N–H and O–H groups in total. The number of hydrogen-bond donors (Lipinski definition) is 3. The van der Waals surface area contributed by atoms with Crippen molar-refractivity contribution in [3.63, 3.8) is 0 Å². The van der Waals surface area contributed by atoms with Gasteiger partial charge in [0.05, 0.1) is 0 Å². The van der Waals surface area contributed by atoms with E-state index in [1.54, 1.807) is 24.3 Å². The fourth-order valence-corrected chi connectivity index (χ4v) is 5.87. The maximum atomic E-state index is 13.7. The second-order valence-electron chi connectivity index (χ2n) is 12.3. The third kappa shape index (κ3) is 10.9. The monoisotopic (exact) mass is 650 g/mol. The summed E-state index contributed by atoms with van der Waals surface area (Å²) in [5, 5.41) is 6.06. The summed E-state index contributed by atoms with van der Waals surface area (Å²) in [7, 11) is 0. The number of amides is 3. The van der Waals surface area contributed by atoms with E-state index in [9.17, 15) is 18.8 Å². The minimum absolute atomic E-state index is 0.0979. The zero-order chi connectivity index (χ0) is 34.3. The van der Waals surface area contributed by atoms with E-state index in [-0.39, 0.29) is 23.5 Å². The minimum Gasteiger partial charge on any atom is -0.347 e. The van der Waals surface area contributed by atoms with E-state index >= 15 is 0 Å². The number of rotatable bonds is 17. The van der Waals surface area contributed by atoms with Crippen molar-refractivity contribution < 1.29 is 18.8 Å². The molecule has 0 aliphatic heterocycles. The highest BCUT2D eigenvalue weighted by atomic mass is 19.1. The molecular formula is C40H47FN4O3. The van der Waals surface area contributed by atoms with Crippen LogP contribution < -0.4 is 16.4 Å². The van der Waals surface area contributed by atoms with Gasteiger partial charge in [0.2, 0.25) is 5.91 Å². The van der Waals surface area contributed by atoms with Crippen LogP contribution in [0.3, 0.4) is 0 Å². The number of halogens is 1. The minimum atomic E-state index is -0.580. The van der Waals surface area contributed by atoms with Crippen molar-refractivity contribution in [3.05, 3.63) is 137 Å². The zero-order valence-electron chi connectivity index (χ0n) is 27.9. The van der Waals surface area contributed by atoms with Crippen molar-refractivity contribution in [2.45, 2.75) is 64.5 Å². The van der Waals surface area contributed by atoms with Crippen LogP contribution in [0, 0.1) is 11.7 Å². The van der Waals surface area contributed by atoms with Crippen LogP contribution in [0.1, 0.15) is 71.4 Å². The van der Waals surface area contributed by atoms with E-state index in [2.05, 4.69) is 10.6 Å². The molecule has 252 valence electrons. The second-order valence-corrected chi connectivity index (χ2v) is 12.3. The molecule has 7 nitrogen and oxygen atoms in total. The van der Waals surface area contributed by atoms with Crippen LogP contribution >= 0.6 is 0 Å².